The molecule has 598 valence electrons. The second-order valence-corrected chi connectivity index (χ2v) is 30.8. The van der Waals surface area contributed by atoms with Gasteiger partial charge in [0.05, 0.1) is 11.3 Å². The fraction of sp³-hybridized carbons (Fsp3) is 0.258. The second kappa shape index (κ2) is 40.1. The first-order valence-electron chi connectivity index (χ1n) is 43.0. The second-order valence-electron chi connectivity index (χ2n) is 29.4. The van der Waals surface area contributed by atoms with Gasteiger partial charge in [-0.15, -0.1) is 90.0 Å². The Kier molecular flexibility index (Phi) is 25.3. The van der Waals surface area contributed by atoms with Gasteiger partial charge in [-0.05, 0) is 157 Å². The predicted octanol–water partition coefficient (Wildman–Crippen LogP) is 25.4. The van der Waals surface area contributed by atoms with Gasteiger partial charge in [-0.1, -0.05) is 233 Å². The Morgan fingerprint density at radius 1 is 0.447 bits per heavy atom. The Labute approximate surface area is 715 Å². The van der Waals surface area contributed by atoms with Crippen LogP contribution in [0.5, 0.6) is 0 Å². The number of hydrogen-bond acceptors (Lipinski definition) is 11. The van der Waals surface area contributed by atoms with Gasteiger partial charge in [-0.3, -0.25) is 4.98 Å². The van der Waals surface area contributed by atoms with Crippen LogP contribution < -0.4 is 0 Å². The number of alkyl halides is 3. The average Bonchev–Trinajstić information content (AvgIpc) is 1.28. The van der Waals surface area contributed by atoms with E-state index in [9.17, 15) is 13.2 Å². The van der Waals surface area contributed by atoms with Crippen LogP contribution in [0.1, 0.15) is 136 Å². The Balaban J connectivity index is 0.000000226. The molecule has 0 aliphatic carbocycles. The molecular formula is C97H99F3Ir2N4O7S-4. The number of rotatable bonds is 7. The molecule has 16 rings (SSSR count). The Morgan fingerprint density at radius 2 is 0.860 bits per heavy atom. The van der Waals surface area contributed by atoms with Crippen LogP contribution in [0.15, 0.2) is 246 Å². The quantitative estimate of drug-likeness (QED) is 0.0672. The molecule has 2 N–H and O–H groups in total. The Bertz CT molecular complexity index is 6490. The fourth-order valence-corrected chi connectivity index (χ4v) is 12.0. The molecule has 10 aromatic carbocycles. The number of halogens is 3. The number of aromatic nitrogens is 4. The first-order valence-corrected chi connectivity index (χ1v) is 37.2. The monoisotopic (exact) mass is 1920 g/mol. The van der Waals surface area contributed by atoms with Crippen LogP contribution in [-0.4, -0.2) is 62.8 Å². The zero-order valence-corrected chi connectivity index (χ0v) is 71.3. The maximum atomic E-state index is 10.7. The van der Waals surface area contributed by atoms with Crippen molar-refractivity contribution in [2.45, 2.75) is 128 Å². The molecule has 6 heterocycles. The number of benzene rings is 10. The van der Waals surface area contributed by atoms with Gasteiger partial charge in [-0.2, -0.15) is 13.2 Å². The number of nitrogens with zero attached hydrogens (tertiary/aromatic N) is 4. The van der Waals surface area contributed by atoms with Gasteiger partial charge in [0, 0.05) is 131 Å². The van der Waals surface area contributed by atoms with Gasteiger partial charge in [-0.25, -0.2) is 8.42 Å². The van der Waals surface area contributed by atoms with E-state index in [-0.39, 0.29) is 69.7 Å². The minimum Gasteiger partial charge on any atom is -0.741 e. The Hall–Kier alpha value is -9.64. The maximum Gasteiger partial charge on any atom is 0.485 e. The van der Waals surface area contributed by atoms with Crippen LogP contribution in [0, 0.1) is 60.9 Å². The van der Waals surface area contributed by atoms with Gasteiger partial charge >= 0.3 is 5.51 Å². The summed E-state index contributed by atoms with van der Waals surface area (Å²) in [5, 5.41) is 26.6. The van der Waals surface area contributed by atoms with Crippen molar-refractivity contribution in [3.05, 3.63) is 289 Å². The third-order valence-electron chi connectivity index (χ3n) is 16.4. The van der Waals surface area contributed by atoms with E-state index < -0.39 is 64.7 Å². The summed E-state index contributed by atoms with van der Waals surface area (Å²) in [5.41, 5.74) is 3.10. The van der Waals surface area contributed by atoms with E-state index >= 15 is 0 Å². The number of aliphatic hydroxyl groups is 2. The van der Waals surface area contributed by atoms with Gasteiger partial charge in [0.25, 0.3) is 0 Å². The summed E-state index contributed by atoms with van der Waals surface area (Å²) in [4.78, 5) is 17.7. The van der Waals surface area contributed by atoms with E-state index in [0.29, 0.717) is 44.8 Å². The van der Waals surface area contributed by atoms with E-state index in [1.165, 1.54) is 12.4 Å². The van der Waals surface area contributed by atoms with Crippen molar-refractivity contribution < 1.29 is 105 Å². The smallest absolute Gasteiger partial charge is 0.485 e. The molecule has 2 radical (unpaired) electrons. The molecule has 0 aliphatic rings. The van der Waals surface area contributed by atoms with Crippen LogP contribution in [-0.2, 0) is 69.4 Å². The molecule has 0 unspecified atom stereocenters. The molecule has 0 aliphatic heterocycles. The third-order valence-corrected chi connectivity index (χ3v) is 17.0. The van der Waals surface area contributed by atoms with Gasteiger partial charge in [0.15, 0.2) is 10.1 Å². The Morgan fingerprint density at radius 3 is 1.30 bits per heavy atom. The van der Waals surface area contributed by atoms with Crippen LogP contribution in [0.4, 0.5) is 13.2 Å². The summed E-state index contributed by atoms with van der Waals surface area (Å²) in [6, 6.07) is 78.3. The summed E-state index contributed by atoms with van der Waals surface area (Å²) in [6.07, 6.45) is 1.17. The van der Waals surface area contributed by atoms with Crippen molar-refractivity contribution in [2.24, 2.45) is 22.1 Å². The predicted molar refractivity (Wildman–Crippen MR) is 456 cm³/mol. The number of fused-ring (bicyclic) bond motifs is 14. The van der Waals surface area contributed by atoms with Crippen molar-refractivity contribution >= 4 is 97.1 Å². The van der Waals surface area contributed by atoms with Crippen molar-refractivity contribution in [1.29, 1.82) is 0 Å². The van der Waals surface area contributed by atoms with Gasteiger partial charge in [0.2, 0.25) is 0 Å². The largest absolute Gasteiger partial charge is 0.741 e. The molecule has 0 bridgehead atoms. The minimum absolute atomic E-state index is 0. The molecule has 0 fully saturated rings. The number of para-hydroxylation sites is 1. The van der Waals surface area contributed by atoms with Crippen LogP contribution >= 0.6 is 0 Å². The standard InChI is InChI=1S/C31H26NO.C27H19NO.2C16H18N.C4H10.CHF3O3S.2CH4O.2Ir/c1-19-18-32-27(16-22(19)17-31(2,3)4)26-11-7-10-24-25-15-14-21-13-12-20-8-5-6-9-23(20)28(21)30(25)33-29(24)26;1-16-14-24(28-15-17(16)2)23-9-5-8-21-22-13-12-19-11-10-18-6-3-4-7-20(18)25(19)27(22)29-26(21)23;2*1-16(2,3)11-13-9-10-15(17-12-13)14-7-5-4-6-8-14;1-4(2)3;2-1(3,4)8(5,6)7;2*1-2;;/h5-10,12-16,18H,17H2,1-4H3;3-15H,1-2H3;2*4-7,9-10,12H,11H2,1-3H3;4H,1-3H3;(H,5,6,7);2*2H,1H3;;/q-1;;2*-1;;;;;;/p-1/i1D3,17D2;1D,2D3;2*11D2;4D;;;;;. The number of pyridine rings is 4. The summed E-state index contributed by atoms with van der Waals surface area (Å²) < 4.78 is 185. The summed E-state index contributed by atoms with van der Waals surface area (Å²) >= 11 is 0. The van der Waals surface area contributed by atoms with Gasteiger partial charge in [0.1, 0.15) is 16.7 Å². The van der Waals surface area contributed by atoms with Crippen molar-refractivity contribution in [3.8, 4) is 45.0 Å². The van der Waals surface area contributed by atoms with Crippen molar-refractivity contribution in [1.82, 2.24) is 19.9 Å². The zero-order chi connectivity index (χ0) is 93.5. The first-order chi connectivity index (χ1) is 58.7. The maximum absolute atomic E-state index is 10.7. The molecule has 0 amide bonds. The zero-order valence-electron chi connectivity index (χ0n) is 79.7. The van der Waals surface area contributed by atoms with E-state index in [4.69, 9.17) is 51.2 Å². The van der Waals surface area contributed by atoms with Crippen LogP contribution in [0.25, 0.3) is 132 Å². The van der Waals surface area contributed by atoms with Crippen molar-refractivity contribution in [3.63, 3.8) is 0 Å². The summed E-state index contributed by atoms with van der Waals surface area (Å²) in [6.45, 7) is 17.3. The average molecular weight is 1920 g/mol. The van der Waals surface area contributed by atoms with Crippen LogP contribution in [0.3, 0.4) is 0 Å². The number of hydrogen-bond donors (Lipinski definition) is 2. The molecule has 0 spiro atoms. The molecule has 17 heteroatoms. The molecule has 0 atom stereocenters. The summed E-state index contributed by atoms with van der Waals surface area (Å²) in [5.74, 6) is -0.250. The third kappa shape index (κ3) is 23.8. The van der Waals surface area contributed by atoms with Gasteiger partial charge < -0.3 is 38.6 Å². The summed E-state index contributed by atoms with van der Waals surface area (Å²) in [7, 11) is -4.09. The molecule has 16 aromatic rings. The normalized spacial score (nSPS) is 13.9. The van der Waals surface area contributed by atoms with E-state index in [1.807, 2.05) is 184 Å². The minimum atomic E-state index is -6.09. The SMILES string of the molecule is CO.CO.O=S(=O)([O-])C(F)(F)F.[2H]C(C)(C)C.[2H]C([2H])([2H])c1cnc(-c2[c-]ccc3c2oc2c3ccc3ccc4ccccc4c32)cc1C([2H])([2H])C(C)(C)C.[2H]C([2H])(c1ccc(-c2[c-]cccc2)nc1)C(C)(C)C.[2H]C([2H])(c1ccc(-c2[c-]cccc2)nc1)C(C)(C)C.[2H]Cc1cc(-c2cccc3c2oc2c3ccc3ccc4ccccc4c32)ncc1C([2H])([2H])[2H].[Ir].[Ir]. The van der Waals surface area contributed by atoms with Crippen LogP contribution in [0.2, 0.25) is 0 Å². The number of aryl methyl sites for hydroxylation is 3. The molecule has 0 saturated heterocycles. The van der Waals surface area contributed by atoms with Crippen molar-refractivity contribution in [2.75, 3.05) is 14.2 Å². The molecule has 11 nitrogen and oxygen atoms in total. The fourth-order valence-electron chi connectivity index (χ4n) is 12.0. The molecule has 114 heavy (non-hydrogen) atoms. The molecule has 6 aromatic heterocycles. The van der Waals surface area contributed by atoms with E-state index in [1.54, 1.807) is 51.4 Å². The first kappa shape index (κ1) is 72.1. The van der Waals surface area contributed by atoms with E-state index in [2.05, 4.69) is 111 Å². The number of aliphatic hydroxyl groups excluding tert-OH is 2. The number of furan rings is 2. The molecular weight excluding hydrogens is 1810 g/mol. The molecule has 0 saturated carbocycles. The van der Waals surface area contributed by atoms with E-state index in [0.717, 1.165) is 118 Å². The topological polar surface area (TPSA) is 175 Å².